The van der Waals surface area contributed by atoms with Crippen molar-refractivity contribution in [3.8, 4) is 0 Å². The van der Waals surface area contributed by atoms with Crippen LogP contribution in [-0.2, 0) is 17.8 Å². The standard InChI is InChI=1S/C20H20N2OS/c23-20(14-13-19-12-7-15-24-19)21-22(18-10-5-2-6-11-18)16-17-8-3-1-4-9-17/h1-12,15H,13-14,16H2,(H,21,23). The van der Waals surface area contributed by atoms with Crippen molar-refractivity contribution >= 4 is 22.9 Å². The molecule has 0 aliphatic rings. The van der Waals surface area contributed by atoms with Gasteiger partial charge in [-0.15, -0.1) is 11.3 Å². The van der Waals surface area contributed by atoms with Crippen LogP contribution < -0.4 is 10.4 Å². The molecule has 1 aromatic heterocycles. The number of anilines is 1. The quantitative estimate of drug-likeness (QED) is 0.648. The van der Waals surface area contributed by atoms with Crippen LogP contribution in [0.15, 0.2) is 78.2 Å². The number of benzene rings is 2. The van der Waals surface area contributed by atoms with E-state index in [1.165, 1.54) is 4.88 Å². The number of thiophene rings is 1. The molecule has 3 aromatic rings. The fourth-order valence-corrected chi connectivity index (χ4v) is 3.18. The summed E-state index contributed by atoms with van der Waals surface area (Å²) in [5, 5.41) is 3.95. The predicted octanol–water partition coefficient (Wildman–Crippen LogP) is 4.42. The molecule has 1 N–H and O–H groups in total. The second-order valence-electron chi connectivity index (χ2n) is 5.52. The summed E-state index contributed by atoms with van der Waals surface area (Å²) < 4.78 is 0. The second-order valence-corrected chi connectivity index (χ2v) is 6.55. The fraction of sp³-hybridized carbons (Fsp3) is 0.150. The molecule has 0 unspecified atom stereocenters. The van der Waals surface area contributed by atoms with Crippen molar-refractivity contribution in [2.75, 3.05) is 5.01 Å². The van der Waals surface area contributed by atoms with Crippen LogP contribution in [0.1, 0.15) is 16.9 Å². The number of nitrogens with one attached hydrogen (secondary N) is 1. The van der Waals surface area contributed by atoms with Crippen molar-refractivity contribution < 1.29 is 4.79 Å². The minimum atomic E-state index is 0.0307. The monoisotopic (exact) mass is 336 g/mol. The molecule has 0 radical (unpaired) electrons. The van der Waals surface area contributed by atoms with Gasteiger partial charge in [0.05, 0.1) is 12.2 Å². The number of rotatable bonds is 7. The summed E-state index contributed by atoms with van der Waals surface area (Å²) in [7, 11) is 0. The number of hydrogen-bond acceptors (Lipinski definition) is 3. The fourth-order valence-electron chi connectivity index (χ4n) is 2.47. The highest BCUT2D eigenvalue weighted by molar-refractivity contribution is 7.09. The van der Waals surface area contributed by atoms with E-state index in [1.807, 2.05) is 65.0 Å². The van der Waals surface area contributed by atoms with E-state index in [1.54, 1.807) is 11.3 Å². The topological polar surface area (TPSA) is 32.3 Å². The van der Waals surface area contributed by atoms with Crippen LogP contribution in [0.3, 0.4) is 0 Å². The molecule has 0 atom stereocenters. The molecule has 2 aromatic carbocycles. The summed E-state index contributed by atoms with van der Waals surface area (Å²) in [6.07, 6.45) is 1.26. The van der Waals surface area contributed by atoms with E-state index in [-0.39, 0.29) is 5.91 Å². The first-order valence-corrected chi connectivity index (χ1v) is 8.87. The maximum absolute atomic E-state index is 12.4. The van der Waals surface area contributed by atoms with Crippen LogP contribution >= 0.6 is 11.3 Å². The Morgan fingerprint density at radius 2 is 1.62 bits per heavy atom. The van der Waals surface area contributed by atoms with Crippen molar-refractivity contribution in [1.82, 2.24) is 5.43 Å². The van der Waals surface area contributed by atoms with Gasteiger partial charge < -0.3 is 0 Å². The molecular weight excluding hydrogens is 316 g/mol. The smallest absolute Gasteiger partial charge is 0.238 e. The summed E-state index contributed by atoms with van der Waals surface area (Å²) in [4.78, 5) is 13.6. The van der Waals surface area contributed by atoms with Crippen molar-refractivity contribution in [2.45, 2.75) is 19.4 Å². The highest BCUT2D eigenvalue weighted by atomic mass is 32.1. The summed E-state index contributed by atoms with van der Waals surface area (Å²) in [5.74, 6) is 0.0307. The first kappa shape index (κ1) is 16.3. The van der Waals surface area contributed by atoms with Gasteiger partial charge in [0.2, 0.25) is 5.91 Å². The highest BCUT2D eigenvalue weighted by Crippen LogP contribution is 2.15. The zero-order chi connectivity index (χ0) is 16.6. The molecule has 0 bridgehead atoms. The van der Waals surface area contributed by atoms with E-state index in [2.05, 4.69) is 23.6 Å². The summed E-state index contributed by atoms with van der Waals surface area (Å²) in [5.41, 5.74) is 5.17. The lowest BCUT2D eigenvalue weighted by Crippen LogP contribution is -2.42. The van der Waals surface area contributed by atoms with Gasteiger partial charge >= 0.3 is 0 Å². The molecular formula is C20H20N2OS. The lowest BCUT2D eigenvalue weighted by atomic mass is 10.2. The van der Waals surface area contributed by atoms with E-state index in [0.29, 0.717) is 13.0 Å². The lowest BCUT2D eigenvalue weighted by molar-refractivity contribution is -0.121. The number of hydrogen-bond donors (Lipinski definition) is 1. The van der Waals surface area contributed by atoms with E-state index >= 15 is 0 Å². The molecule has 122 valence electrons. The number of hydrazine groups is 1. The van der Waals surface area contributed by atoms with E-state index in [4.69, 9.17) is 0 Å². The summed E-state index contributed by atoms with van der Waals surface area (Å²) >= 11 is 1.69. The normalized spacial score (nSPS) is 10.3. The Morgan fingerprint density at radius 1 is 0.917 bits per heavy atom. The third-order valence-corrected chi connectivity index (χ3v) is 4.63. The molecule has 1 amide bonds. The molecule has 0 aliphatic heterocycles. The van der Waals surface area contributed by atoms with E-state index in [0.717, 1.165) is 17.7 Å². The molecule has 24 heavy (non-hydrogen) atoms. The van der Waals surface area contributed by atoms with Crippen molar-refractivity contribution in [3.63, 3.8) is 0 Å². The average Bonchev–Trinajstić information content (AvgIpc) is 3.15. The number of aryl methyl sites for hydroxylation is 1. The van der Waals surface area contributed by atoms with Crippen LogP contribution in [0.4, 0.5) is 5.69 Å². The second kappa shape index (κ2) is 8.31. The van der Waals surface area contributed by atoms with Crippen LogP contribution in [0.5, 0.6) is 0 Å². The molecule has 0 spiro atoms. The first-order chi connectivity index (χ1) is 11.8. The Morgan fingerprint density at radius 3 is 2.29 bits per heavy atom. The van der Waals surface area contributed by atoms with Crippen LogP contribution in [-0.4, -0.2) is 5.91 Å². The zero-order valence-corrected chi connectivity index (χ0v) is 14.2. The van der Waals surface area contributed by atoms with Gasteiger partial charge in [0.1, 0.15) is 0 Å². The third kappa shape index (κ3) is 4.70. The van der Waals surface area contributed by atoms with Gasteiger partial charge in [-0.1, -0.05) is 54.6 Å². The van der Waals surface area contributed by atoms with Gasteiger partial charge in [-0.25, -0.2) is 0 Å². The van der Waals surface area contributed by atoms with Gasteiger partial charge in [-0.05, 0) is 35.6 Å². The summed E-state index contributed by atoms with van der Waals surface area (Å²) in [6, 6.07) is 24.2. The third-order valence-electron chi connectivity index (χ3n) is 3.69. The molecule has 4 heteroatoms. The maximum atomic E-state index is 12.4. The van der Waals surface area contributed by atoms with Crippen LogP contribution in [0.2, 0.25) is 0 Å². The number of carbonyl (C=O) groups is 1. The van der Waals surface area contributed by atoms with Crippen molar-refractivity contribution in [1.29, 1.82) is 0 Å². The molecule has 0 saturated heterocycles. The van der Waals surface area contributed by atoms with Gasteiger partial charge in [0.25, 0.3) is 0 Å². The Labute approximate surface area is 146 Å². The molecule has 3 rings (SSSR count). The highest BCUT2D eigenvalue weighted by Gasteiger charge is 2.11. The number of para-hydroxylation sites is 1. The Kier molecular flexibility index (Phi) is 5.64. The molecule has 3 nitrogen and oxygen atoms in total. The number of carbonyl (C=O) groups excluding carboxylic acids is 1. The van der Waals surface area contributed by atoms with Crippen molar-refractivity contribution in [3.05, 3.63) is 88.6 Å². The van der Waals surface area contributed by atoms with Gasteiger partial charge in [0.15, 0.2) is 0 Å². The molecule has 0 fully saturated rings. The Bertz CT molecular complexity index is 742. The van der Waals surface area contributed by atoms with Crippen LogP contribution in [0.25, 0.3) is 0 Å². The van der Waals surface area contributed by atoms with Crippen molar-refractivity contribution in [2.24, 2.45) is 0 Å². The number of amides is 1. The van der Waals surface area contributed by atoms with E-state index < -0.39 is 0 Å². The predicted molar refractivity (Wildman–Crippen MR) is 99.8 cm³/mol. The van der Waals surface area contributed by atoms with Gasteiger partial charge in [-0.2, -0.15) is 0 Å². The Balaban J connectivity index is 1.66. The van der Waals surface area contributed by atoms with Crippen LogP contribution in [0, 0.1) is 0 Å². The SMILES string of the molecule is O=C(CCc1cccs1)NN(Cc1ccccc1)c1ccccc1. The average molecular weight is 336 g/mol. The molecule has 1 heterocycles. The minimum absolute atomic E-state index is 0.0307. The Hall–Kier alpha value is -2.59. The van der Waals surface area contributed by atoms with Gasteiger partial charge in [-0.3, -0.25) is 15.2 Å². The first-order valence-electron chi connectivity index (χ1n) is 7.99. The molecule has 0 aliphatic carbocycles. The molecule has 0 saturated carbocycles. The maximum Gasteiger partial charge on any atom is 0.238 e. The zero-order valence-electron chi connectivity index (χ0n) is 13.4. The van der Waals surface area contributed by atoms with Gasteiger partial charge in [0, 0.05) is 11.3 Å². The minimum Gasteiger partial charge on any atom is -0.281 e. The van der Waals surface area contributed by atoms with E-state index in [9.17, 15) is 4.79 Å². The number of nitrogens with zero attached hydrogens (tertiary/aromatic N) is 1. The summed E-state index contributed by atoms with van der Waals surface area (Å²) in [6.45, 7) is 0.635. The largest absolute Gasteiger partial charge is 0.281 e. The lowest BCUT2D eigenvalue weighted by Gasteiger charge is -2.25.